The van der Waals surface area contributed by atoms with Gasteiger partial charge in [-0.05, 0) is 0 Å². The van der Waals surface area contributed by atoms with E-state index in [0.717, 1.165) is 12.4 Å². The summed E-state index contributed by atoms with van der Waals surface area (Å²) in [6, 6.07) is 1.05. The highest BCUT2D eigenvalue weighted by Crippen LogP contribution is 2.15. The van der Waals surface area contributed by atoms with E-state index < -0.39 is 6.43 Å². The molecule has 11 heavy (non-hydrogen) atoms. The lowest BCUT2D eigenvalue weighted by Gasteiger charge is -1.96. The molecule has 0 unspecified atom stereocenters. The number of halogens is 3. The van der Waals surface area contributed by atoms with Gasteiger partial charge in [-0.15, -0.1) is 12.4 Å². The molecule has 6 heteroatoms. The minimum atomic E-state index is -2.58. The topological polar surface area (TPSA) is 51.8 Å². The van der Waals surface area contributed by atoms with Gasteiger partial charge in [-0.2, -0.15) is 0 Å². The van der Waals surface area contributed by atoms with Crippen LogP contribution in [-0.2, 0) is 0 Å². The van der Waals surface area contributed by atoms with Crippen molar-refractivity contribution in [3.63, 3.8) is 0 Å². The Morgan fingerprint density at radius 2 is 2.00 bits per heavy atom. The Labute approximate surface area is 68.1 Å². The maximum Gasteiger partial charge on any atom is 0.280 e. The smallest absolute Gasteiger partial charge is 0.280 e. The van der Waals surface area contributed by atoms with E-state index in [2.05, 4.69) is 9.97 Å². The first-order chi connectivity index (χ1) is 4.70. The van der Waals surface area contributed by atoms with Crippen molar-refractivity contribution in [1.29, 1.82) is 0 Å². The molecule has 2 N–H and O–H groups in total. The van der Waals surface area contributed by atoms with Crippen LogP contribution in [0.25, 0.3) is 0 Å². The molecule has 1 heterocycles. The maximum absolute atomic E-state index is 11.8. The monoisotopic (exact) mass is 181 g/mol. The van der Waals surface area contributed by atoms with Crippen LogP contribution in [0.2, 0.25) is 0 Å². The summed E-state index contributed by atoms with van der Waals surface area (Å²) in [5.41, 5.74) is 4.77. The molecule has 0 fully saturated rings. The number of hydrogen-bond donors (Lipinski definition) is 1. The summed E-state index contributed by atoms with van der Waals surface area (Å²) < 4.78 is 23.6. The second-order valence-electron chi connectivity index (χ2n) is 1.67. The predicted molar refractivity (Wildman–Crippen MR) is 38.6 cm³/mol. The second kappa shape index (κ2) is 4.02. The van der Waals surface area contributed by atoms with Crippen molar-refractivity contribution < 1.29 is 8.78 Å². The number of hydrogen-bond acceptors (Lipinski definition) is 3. The molecule has 0 amide bonds. The molecule has 0 aliphatic heterocycles. The zero-order valence-corrected chi connectivity index (χ0v) is 6.18. The third kappa shape index (κ3) is 2.63. The van der Waals surface area contributed by atoms with E-state index in [1.165, 1.54) is 0 Å². The van der Waals surface area contributed by atoms with Gasteiger partial charge in [0.25, 0.3) is 6.43 Å². The van der Waals surface area contributed by atoms with Gasteiger partial charge < -0.3 is 5.73 Å². The van der Waals surface area contributed by atoms with Crippen LogP contribution in [0.4, 0.5) is 14.6 Å². The fourth-order valence-corrected chi connectivity index (χ4v) is 0.508. The highest BCUT2D eigenvalue weighted by Gasteiger charge is 2.07. The first-order valence-electron chi connectivity index (χ1n) is 2.55. The van der Waals surface area contributed by atoms with Crippen molar-refractivity contribution in [3.05, 3.63) is 18.1 Å². The lowest BCUT2D eigenvalue weighted by molar-refractivity contribution is 0.146. The van der Waals surface area contributed by atoms with Gasteiger partial charge in [0.05, 0.1) is 0 Å². The van der Waals surface area contributed by atoms with Gasteiger partial charge >= 0.3 is 0 Å². The highest BCUT2D eigenvalue weighted by atomic mass is 35.5. The number of nitrogens with zero attached hydrogens (tertiary/aromatic N) is 2. The van der Waals surface area contributed by atoms with Crippen LogP contribution >= 0.6 is 12.4 Å². The Kier molecular flexibility index (Phi) is 3.67. The van der Waals surface area contributed by atoms with E-state index in [1.54, 1.807) is 0 Å². The van der Waals surface area contributed by atoms with Gasteiger partial charge in [-0.1, -0.05) is 0 Å². The summed E-state index contributed by atoms with van der Waals surface area (Å²) in [5.74, 6) is 0.0605. The molecule has 0 bridgehead atoms. The van der Waals surface area contributed by atoms with Gasteiger partial charge in [-0.3, -0.25) is 0 Å². The van der Waals surface area contributed by atoms with Crippen LogP contribution in [0.15, 0.2) is 12.4 Å². The van der Waals surface area contributed by atoms with Crippen molar-refractivity contribution in [2.45, 2.75) is 6.43 Å². The van der Waals surface area contributed by atoms with E-state index in [-0.39, 0.29) is 23.9 Å². The molecule has 1 aromatic rings. The molecule has 0 aliphatic carbocycles. The molecule has 0 saturated heterocycles. The van der Waals surface area contributed by atoms with Gasteiger partial charge in [0.2, 0.25) is 0 Å². The van der Waals surface area contributed by atoms with Crippen LogP contribution in [0, 0.1) is 0 Å². The van der Waals surface area contributed by atoms with Crippen LogP contribution in [0.3, 0.4) is 0 Å². The summed E-state index contributed by atoms with van der Waals surface area (Å²) in [6.45, 7) is 0. The van der Waals surface area contributed by atoms with Crippen molar-refractivity contribution in [1.82, 2.24) is 9.97 Å². The summed E-state index contributed by atoms with van der Waals surface area (Å²) in [5, 5.41) is 0. The standard InChI is InChI=1S/C5H5F2N3.ClH/c6-5(7)3-1-4(8)10-2-9-3;/h1-2,5H,(H2,8,9,10);1H. The highest BCUT2D eigenvalue weighted by molar-refractivity contribution is 5.85. The SMILES string of the molecule is Cl.Nc1cc(C(F)F)ncn1. The number of nitrogens with two attached hydrogens (primary N) is 1. The maximum atomic E-state index is 11.8. The second-order valence-corrected chi connectivity index (χ2v) is 1.67. The molecule has 0 spiro atoms. The molecule has 3 nitrogen and oxygen atoms in total. The molecular weight excluding hydrogens is 176 g/mol. The number of alkyl halides is 2. The minimum absolute atomic E-state index is 0. The van der Waals surface area contributed by atoms with Gasteiger partial charge in [0, 0.05) is 6.07 Å². The molecule has 0 aromatic carbocycles. The lowest BCUT2D eigenvalue weighted by Crippen LogP contribution is -1.95. The molecular formula is C5H6ClF2N3. The largest absolute Gasteiger partial charge is 0.384 e. The number of anilines is 1. The molecule has 1 aromatic heterocycles. The average Bonchev–Trinajstić information content (AvgIpc) is 1.88. The third-order valence-corrected chi connectivity index (χ3v) is 0.933. The number of rotatable bonds is 1. The van der Waals surface area contributed by atoms with E-state index in [4.69, 9.17) is 5.73 Å². The van der Waals surface area contributed by atoms with Crippen LogP contribution in [0.5, 0.6) is 0 Å². The van der Waals surface area contributed by atoms with Crippen LogP contribution < -0.4 is 5.73 Å². The average molecular weight is 182 g/mol. The third-order valence-electron chi connectivity index (χ3n) is 0.933. The summed E-state index contributed by atoms with van der Waals surface area (Å²) in [7, 11) is 0. The van der Waals surface area contributed by atoms with E-state index in [0.29, 0.717) is 0 Å². The Morgan fingerprint density at radius 1 is 1.36 bits per heavy atom. The number of aromatic nitrogens is 2. The fraction of sp³-hybridized carbons (Fsp3) is 0.200. The lowest BCUT2D eigenvalue weighted by atomic mass is 10.4. The normalized spacial score (nSPS) is 9.36. The molecule has 0 atom stereocenters. The Balaban J connectivity index is 0.000001000. The van der Waals surface area contributed by atoms with Crippen molar-refractivity contribution in [2.75, 3.05) is 5.73 Å². The van der Waals surface area contributed by atoms with Crippen LogP contribution in [0.1, 0.15) is 12.1 Å². The first-order valence-corrected chi connectivity index (χ1v) is 2.55. The van der Waals surface area contributed by atoms with Crippen molar-refractivity contribution >= 4 is 18.2 Å². The Bertz CT molecular complexity index is 231. The van der Waals surface area contributed by atoms with E-state index >= 15 is 0 Å². The van der Waals surface area contributed by atoms with Crippen molar-refractivity contribution in [2.24, 2.45) is 0 Å². The van der Waals surface area contributed by atoms with Crippen molar-refractivity contribution in [3.8, 4) is 0 Å². The number of nitrogen functional groups attached to an aromatic ring is 1. The Hall–Kier alpha value is -0.970. The van der Waals surface area contributed by atoms with E-state index in [1.807, 2.05) is 0 Å². The summed E-state index contributed by atoms with van der Waals surface area (Å²) in [6.07, 6.45) is -1.57. The zero-order chi connectivity index (χ0) is 7.56. The summed E-state index contributed by atoms with van der Waals surface area (Å²) >= 11 is 0. The molecule has 1 rings (SSSR count). The summed E-state index contributed by atoms with van der Waals surface area (Å²) in [4.78, 5) is 6.75. The fourth-order valence-electron chi connectivity index (χ4n) is 0.508. The van der Waals surface area contributed by atoms with E-state index in [9.17, 15) is 8.78 Å². The first kappa shape index (κ1) is 10.0. The van der Waals surface area contributed by atoms with Gasteiger partial charge in [0.15, 0.2) is 0 Å². The molecule has 0 radical (unpaired) electrons. The Morgan fingerprint density at radius 3 is 2.36 bits per heavy atom. The quantitative estimate of drug-likeness (QED) is 0.713. The molecule has 0 aliphatic rings. The molecule has 62 valence electrons. The van der Waals surface area contributed by atoms with Gasteiger partial charge in [-0.25, -0.2) is 18.7 Å². The minimum Gasteiger partial charge on any atom is -0.384 e. The van der Waals surface area contributed by atoms with Crippen LogP contribution in [-0.4, -0.2) is 9.97 Å². The van der Waals surface area contributed by atoms with Gasteiger partial charge in [0.1, 0.15) is 17.8 Å². The molecule has 0 saturated carbocycles. The zero-order valence-electron chi connectivity index (χ0n) is 5.37. The predicted octanol–water partition coefficient (Wildman–Crippen LogP) is 1.42.